The first-order chi connectivity index (χ1) is 11.0. The van der Waals surface area contributed by atoms with Crippen molar-refractivity contribution in [3.8, 4) is 0 Å². The van der Waals surface area contributed by atoms with Gasteiger partial charge in [-0.3, -0.25) is 4.79 Å². The van der Waals surface area contributed by atoms with Crippen LogP contribution in [-0.4, -0.2) is 68.2 Å². The number of aryl methyl sites for hydroxylation is 1. The molecule has 0 aliphatic carbocycles. The van der Waals surface area contributed by atoms with Crippen molar-refractivity contribution in [1.29, 1.82) is 0 Å². The molecule has 1 aromatic heterocycles. The van der Waals surface area contributed by atoms with Gasteiger partial charge in [0.05, 0.1) is 30.3 Å². The summed E-state index contributed by atoms with van der Waals surface area (Å²) in [7, 11) is -3.39. The average Bonchev–Trinajstić information content (AvgIpc) is 3.01. The molecule has 3 rings (SSSR count). The minimum Gasteiger partial charge on any atom is -0.469 e. The van der Waals surface area contributed by atoms with Crippen LogP contribution in [0.1, 0.15) is 29.0 Å². The molecule has 128 valence electrons. The van der Waals surface area contributed by atoms with Crippen molar-refractivity contribution in [3.05, 3.63) is 23.7 Å². The van der Waals surface area contributed by atoms with E-state index in [1.54, 1.807) is 17.9 Å². The van der Waals surface area contributed by atoms with Crippen LogP contribution in [0.5, 0.6) is 0 Å². The molecule has 2 fully saturated rings. The number of hydrogen-bond acceptors (Lipinski definition) is 5. The molecule has 0 aromatic carbocycles. The third-order valence-corrected chi connectivity index (χ3v) is 6.82. The Kier molecular flexibility index (Phi) is 4.74. The van der Waals surface area contributed by atoms with E-state index < -0.39 is 15.3 Å². The lowest BCUT2D eigenvalue weighted by Gasteiger charge is -2.36. The summed E-state index contributed by atoms with van der Waals surface area (Å²) < 4.78 is 37.5. The molecule has 1 amide bonds. The van der Waals surface area contributed by atoms with Crippen LogP contribution in [0.4, 0.5) is 0 Å². The molecule has 0 saturated carbocycles. The van der Waals surface area contributed by atoms with Crippen molar-refractivity contribution in [2.45, 2.75) is 25.0 Å². The third-order valence-electron chi connectivity index (χ3n) is 4.51. The van der Waals surface area contributed by atoms with Crippen LogP contribution in [0.2, 0.25) is 0 Å². The van der Waals surface area contributed by atoms with Gasteiger partial charge in [-0.25, -0.2) is 8.42 Å². The normalized spacial score (nSPS) is 23.9. The zero-order chi connectivity index (χ0) is 16.4. The third kappa shape index (κ3) is 3.29. The van der Waals surface area contributed by atoms with Gasteiger partial charge in [0.15, 0.2) is 0 Å². The highest BCUT2D eigenvalue weighted by Crippen LogP contribution is 2.23. The molecule has 2 saturated heterocycles. The van der Waals surface area contributed by atoms with Crippen LogP contribution in [-0.2, 0) is 14.8 Å². The molecule has 0 spiro atoms. The lowest BCUT2D eigenvalue weighted by atomic mass is 10.1. The molecule has 23 heavy (non-hydrogen) atoms. The fraction of sp³-hybridized carbons (Fsp3) is 0.667. The van der Waals surface area contributed by atoms with Crippen molar-refractivity contribution in [3.63, 3.8) is 0 Å². The summed E-state index contributed by atoms with van der Waals surface area (Å²) >= 11 is 0. The number of nitrogens with zero attached hydrogens (tertiary/aromatic N) is 2. The number of carbonyl (C=O) groups excluding carboxylic acids is 1. The number of furan rings is 1. The van der Waals surface area contributed by atoms with Gasteiger partial charge in [0.1, 0.15) is 5.76 Å². The summed E-state index contributed by atoms with van der Waals surface area (Å²) in [6.07, 6.45) is 2.76. The van der Waals surface area contributed by atoms with Gasteiger partial charge in [-0.05, 0) is 25.8 Å². The van der Waals surface area contributed by atoms with Gasteiger partial charge in [0, 0.05) is 26.2 Å². The van der Waals surface area contributed by atoms with Gasteiger partial charge in [0.25, 0.3) is 5.91 Å². The van der Waals surface area contributed by atoms with Gasteiger partial charge >= 0.3 is 0 Å². The number of ether oxygens (including phenoxy) is 1. The van der Waals surface area contributed by atoms with Crippen LogP contribution in [0.25, 0.3) is 0 Å². The quantitative estimate of drug-likeness (QED) is 0.814. The van der Waals surface area contributed by atoms with Crippen molar-refractivity contribution in [2.75, 3.05) is 39.4 Å². The molecule has 0 radical (unpaired) electrons. The summed E-state index contributed by atoms with van der Waals surface area (Å²) in [5.74, 6) is 0.409. The molecule has 8 heteroatoms. The molecular weight excluding hydrogens is 320 g/mol. The summed E-state index contributed by atoms with van der Waals surface area (Å²) in [6.45, 7) is 4.22. The maximum absolute atomic E-state index is 12.8. The number of amides is 1. The van der Waals surface area contributed by atoms with Gasteiger partial charge in [-0.15, -0.1) is 0 Å². The zero-order valence-electron chi connectivity index (χ0n) is 13.2. The number of morpholine rings is 1. The average molecular weight is 342 g/mol. The van der Waals surface area contributed by atoms with Crippen molar-refractivity contribution >= 4 is 15.9 Å². The van der Waals surface area contributed by atoms with Crippen LogP contribution in [0.15, 0.2) is 16.7 Å². The second-order valence-electron chi connectivity index (χ2n) is 5.96. The second-order valence-corrected chi connectivity index (χ2v) is 8.18. The fourth-order valence-corrected chi connectivity index (χ4v) is 5.07. The first-order valence-electron chi connectivity index (χ1n) is 7.90. The molecule has 1 atom stereocenters. The van der Waals surface area contributed by atoms with E-state index in [1.165, 1.54) is 10.6 Å². The fourth-order valence-electron chi connectivity index (χ4n) is 3.15. The van der Waals surface area contributed by atoms with Gasteiger partial charge in [-0.2, -0.15) is 4.31 Å². The SMILES string of the molecule is Cc1occc1C(=O)N1CCC[C@@H](S(=O)(=O)N2CCOCC2)C1. The largest absolute Gasteiger partial charge is 0.469 e. The smallest absolute Gasteiger partial charge is 0.257 e. The predicted molar refractivity (Wildman–Crippen MR) is 83.7 cm³/mol. The second kappa shape index (κ2) is 6.62. The van der Waals surface area contributed by atoms with Gasteiger partial charge < -0.3 is 14.1 Å². The van der Waals surface area contributed by atoms with E-state index in [0.29, 0.717) is 57.0 Å². The maximum atomic E-state index is 12.8. The van der Waals surface area contributed by atoms with Gasteiger partial charge in [-0.1, -0.05) is 0 Å². The van der Waals surface area contributed by atoms with Crippen molar-refractivity contribution in [2.24, 2.45) is 0 Å². The van der Waals surface area contributed by atoms with E-state index in [1.807, 2.05) is 0 Å². The van der Waals surface area contributed by atoms with Crippen LogP contribution >= 0.6 is 0 Å². The van der Waals surface area contributed by atoms with E-state index in [4.69, 9.17) is 9.15 Å². The molecule has 7 nitrogen and oxygen atoms in total. The molecule has 0 bridgehead atoms. The molecule has 0 N–H and O–H groups in total. The number of sulfonamides is 1. The Morgan fingerprint density at radius 2 is 2.00 bits per heavy atom. The summed E-state index contributed by atoms with van der Waals surface area (Å²) in [5, 5.41) is -0.537. The monoisotopic (exact) mass is 342 g/mol. The highest BCUT2D eigenvalue weighted by molar-refractivity contribution is 7.89. The highest BCUT2D eigenvalue weighted by atomic mass is 32.2. The lowest BCUT2D eigenvalue weighted by Crippen LogP contribution is -2.51. The maximum Gasteiger partial charge on any atom is 0.257 e. The summed E-state index contributed by atoms with van der Waals surface area (Å²) in [4.78, 5) is 14.2. The first kappa shape index (κ1) is 16.5. The molecule has 0 unspecified atom stereocenters. The van der Waals surface area contributed by atoms with Crippen LogP contribution < -0.4 is 0 Å². The number of carbonyl (C=O) groups is 1. The van der Waals surface area contributed by atoms with E-state index in [2.05, 4.69) is 0 Å². The van der Waals surface area contributed by atoms with Crippen LogP contribution in [0, 0.1) is 6.92 Å². The Hall–Kier alpha value is -1.38. The Morgan fingerprint density at radius 3 is 2.65 bits per heavy atom. The molecule has 2 aliphatic rings. The molecular formula is C15H22N2O5S. The summed E-state index contributed by atoms with van der Waals surface area (Å²) in [6, 6.07) is 1.64. The Bertz CT molecular complexity index is 663. The molecule has 3 heterocycles. The standard InChI is InChI=1S/C15H22N2O5S/c1-12-14(4-8-22-12)15(18)16-5-2-3-13(11-16)23(19,20)17-6-9-21-10-7-17/h4,8,13H,2-3,5-7,9-11H2,1H3/t13-/m1/s1. The van der Waals surface area contributed by atoms with E-state index in [0.717, 1.165) is 0 Å². The number of rotatable bonds is 3. The first-order valence-corrected chi connectivity index (χ1v) is 9.40. The van der Waals surface area contributed by atoms with E-state index in [-0.39, 0.29) is 12.5 Å². The molecule has 1 aromatic rings. The zero-order valence-corrected chi connectivity index (χ0v) is 14.0. The number of piperidine rings is 1. The highest BCUT2D eigenvalue weighted by Gasteiger charge is 2.37. The Labute approximate surface area is 136 Å². The lowest BCUT2D eigenvalue weighted by molar-refractivity contribution is 0.0685. The molecule has 2 aliphatic heterocycles. The Balaban J connectivity index is 1.73. The minimum absolute atomic E-state index is 0.155. The Morgan fingerprint density at radius 1 is 1.26 bits per heavy atom. The van der Waals surface area contributed by atoms with E-state index >= 15 is 0 Å². The van der Waals surface area contributed by atoms with E-state index in [9.17, 15) is 13.2 Å². The van der Waals surface area contributed by atoms with Crippen molar-refractivity contribution in [1.82, 2.24) is 9.21 Å². The summed E-state index contributed by atoms with van der Waals surface area (Å²) in [5.41, 5.74) is 0.509. The number of likely N-dealkylation sites (tertiary alicyclic amines) is 1. The minimum atomic E-state index is -3.39. The van der Waals surface area contributed by atoms with Gasteiger partial charge in [0.2, 0.25) is 10.0 Å². The predicted octanol–water partition coefficient (Wildman–Crippen LogP) is 0.855. The van der Waals surface area contributed by atoms with Crippen molar-refractivity contribution < 1.29 is 22.4 Å². The topological polar surface area (TPSA) is 80.1 Å². The van der Waals surface area contributed by atoms with Crippen LogP contribution in [0.3, 0.4) is 0 Å². The number of hydrogen-bond donors (Lipinski definition) is 0.